The van der Waals surface area contributed by atoms with Gasteiger partial charge >= 0.3 is 0 Å². The first-order valence-electron chi connectivity index (χ1n) is 10.4. The smallest absolute Gasteiger partial charge is 0.135 e. The maximum Gasteiger partial charge on any atom is 0.135 e. The Balaban J connectivity index is 2.05. The number of hydrogen-bond donors (Lipinski definition) is 0. The number of rotatable bonds is 6. The van der Waals surface area contributed by atoms with Gasteiger partial charge in [-0.25, -0.2) is 4.39 Å². The first kappa shape index (κ1) is 21.3. The number of amidine groups is 1. The molecule has 3 nitrogen and oxygen atoms in total. The van der Waals surface area contributed by atoms with Crippen LogP contribution in [0.2, 0.25) is 0 Å². The molecular formula is C25H31FN2O. The van der Waals surface area contributed by atoms with Crippen LogP contribution < -0.4 is 0 Å². The lowest BCUT2D eigenvalue weighted by atomic mass is 9.95. The predicted octanol–water partition coefficient (Wildman–Crippen LogP) is 5.77. The van der Waals surface area contributed by atoms with Crippen LogP contribution in [0, 0.1) is 11.7 Å². The van der Waals surface area contributed by atoms with Gasteiger partial charge in [-0.2, -0.15) is 0 Å². The van der Waals surface area contributed by atoms with Crippen molar-refractivity contribution >= 4 is 11.4 Å². The van der Waals surface area contributed by atoms with E-state index in [1.807, 2.05) is 30.3 Å². The zero-order valence-electron chi connectivity index (χ0n) is 17.8. The fourth-order valence-corrected chi connectivity index (χ4v) is 3.60. The second-order valence-electron chi connectivity index (χ2n) is 8.04. The molecule has 0 radical (unpaired) electrons. The molecule has 0 fully saturated rings. The van der Waals surface area contributed by atoms with Crippen LogP contribution in [0.3, 0.4) is 0 Å². The lowest BCUT2D eigenvalue weighted by molar-refractivity contribution is 0.164. The Kier molecular flexibility index (Phi) is 7.21. The van der Waals surface area contributed by atoms with Gasteiger partial charge in [0, 0.05) is 24.9 Å². The quantitative estimate of drug-likeness (QED) is 0.459. The van der Waals surface area contributed by atoms with Crippen LogP contribution in [0.15, 0.2) is 65.8 Å². The molecule has 0 saturated heterocycles. The highest BCUT2D eigenvalue weighted by molar-refractivity contribution is 6.00. The van der Waals surface area contributed by atoms with Gasteiger partial charge in [-0.1, -0.05) is 56.3 Å². The summed E-state index contributed by atoms with van der Waals surface area (Å²) in [5.74, 6) is 1.13. The van der Waals surface area contributed by atoms with Crippen molar-refractivity contribution in [1.29, 1.82) is 0 Å². The van der Waals surface area contributed by atoms with E-state index in [9.17, 15) is 4.39 Å². The Labute approximate surface area is 173 Å². The summed E-state index contributed by atoms with van der Waals surface area (Å²) in [4.78, 5) is 7.45. The highest BCUT2D eigenvalue weighted by atomic mass is 19.1. The lowest BCUT2D eigenvalue weighted by Crippen LogP contribution is -2.39. The maximum atomic E-state index is 13.4. The third-order valence-electron chi connectivity index (χ3n) is 5.49. The molecule has 0 unspecified atom stereocenters. The van der Waals surface area contributed by atoms with Gasteiger partial charge in [-0.3, -0.25) is 4.99 Å². The molecule has 1 heterocycles. The molecule has 2 atom stereocenters. The van der Waals surface area contributed by atoms with Crippen LogP contribution in [0.4, 0.5) is 4.39 Å². The van der Waals surface area contributed by atoms with Gasteiger partial charge in [0.2, 0.25) is 0 Å². The van der Waals surface area contributed by atoms with Gasteiger partial charge in [0.05, 0.1) is 12.6 Å². The van der Waals surface area contributed by atoms with Crippen LogP contribution in [0.25, 0.3) is 5.57 Å². The number of aliphatic imine (C=N–C) groups is 1. The molecular weight excluding hydrogens is 363 g/mol. The summed E-state index contributed by atoms with van der Waals surface area (Å²) in [6, 6.07) is 17.5. The van der Waals surface area contributed by atoms with Crippen molar-refractivity contribution in [3.8, 4) is 0 Å². The standard InChI is InChI=1S/C25H31FN2O/c1-18(2)24(17-29-4)27-25(21-8-6-5-7-9-21)28-16-22(11-10-19(28)3)20-12-14-23(26)15-13-20/h5-9,12-16,18-19,24H,10-11,17H2,1-4H3/t19-,24-/m1/s1. The fraction of sp³-hybridized carbons (Fsp3) is 0.400. The Morgan fingerprint density at radius 3 is 2.45 bits per heavy atom. The number of benzene rings is 2. The van der Waals surface area contributed by atoms with E-state index >= 15 is 0 Å². The number of hydrogen-bond acceptors (Lipinski definition) is 2. The molecule has 29 heavy (non-hydrogen) atoms. The summed E-state index contributed by atoms with van der Waals surface area (Å²) in [6.45, 7) is 7.17. The molecule has 0 aliphatic carbocycles. The summed E-state index contributed by atoms with van der Waals surface area (Å²) in [5.41, 5.74) is 3.37. The number of halogens is 1. The second-order valence-corrected chi connectivity index (χ2v) is 8.04. The monoisotopic (exact) mass is 394 g/mol. The number of nitrogens with zero attached hydrogens (tertiary/aromatic N) is 2. The van der Waals surface area contributed by atoms with Crippen LogP contribution in [0.5, 0.6) is 0 Å². The predicted molar refractivity (Wildman–Crippen MR) is 118 cm³/mol. The van der Waals surface area contributed by atoms with E-state index in [4.69, 9.17) is 9.73 Å². The largest absolute Gasteiger partial charge is 0.382 e. The zero-order chi connectivity index (χ0) is 20.8. The van der Waals surface area contributed by atoms with E-state index < -0.39 is 0 Å². The Morgan fingerprint density at radius 1 is 1.14 bits per heavy atom. The highest BCUT2D eigenvalue weighted by Crippen LogP contribution is 2.30. The first-order valence-corrected chi connectivity index (χ1v) is 10.4. The third-order valence-corrected chi connectivity index (χ3v) is 5.49. The Morgan fingerprint density at radius 2 is 1.83 bits per heavy atom. The lowest BCUT2D eigenvalue weighted by Gasteiger charge is -2.35. The average Bonchev–Trinajstić information content (AvgIpc) is 2.73. The van der Waals surface area contributed by atoms with Crippen LogP contribution >= 0.6 is 0 Å². The topological polar surface area (TPSA) is 24.8 Å². The van der Waals surface area contributed by atoms with Gasteiger partial charge in [0.25, 0.3) is 0 Å². The molecule has 0 aromatic heterocycles. The minimum atomic E-state index is -0.207. The van der Waals surface area contributed by atoms with E-state index in [1.54, 1.807) is 7.11 Å². The van der Waals surface area contributed by atoms with Crippen molar-refractivity contribution in [3.63, 3.8) is 0 Å². The van der Waals surface area contributed by atoms with Gasteiger partial charge in [0.15, 0.2) is 0 Å². The number of methoxy groups -OCH3 is 1. The van der Waals surface area contributed by atoms with Gasteiger partial charge in [-0.15, -0.1) is 0 Å². The number of ether oxygens (including phenoxy) is 1. The van der Waals surface area contributed by atoms with Crippen molar-refractivity contribution in [3.05, 3.63) is 77.7 Å². The summed E-state index contributed by atoms with van der Waals surface area (Å²) < 4.78 is 18.8. The van der Waals surface area contributed by atoms with Crippen molar-refractivity contribution in [2.45, 2.75) is 45.7 Å². The summed E-state index contributed by atoms with van der Waals surface area (Å²) in [6.07, 6.45) is 4.18. The molecule has 1 aliphatic rings. The third kappa shape index (κ3) is 5.33. The Bertz CT molecular complexity index is 843. The zero-order valence-corrected chi connectivity index (χ0v) is 17.8. The SMILES string of the molecule is COC[C@@H](N=C(c1ccccc1)N1C=C(c2ccc(F)cc2)CC[C@H]1C)C(C)C. The molecule has 0 bridgehead atoms. The second kappa shape index (κ2) is 9.84. The minimum absolute atomic E-state index is 0.0759. The average molecular weight is 395 g/mol. The van der Waals surface area contributed by atoms with E-state index in [1.165, 1.54) is 17.7 Å². The van der Waals surface area contributed by atoms with E-state index in [0.717, 1.165) is 29.8 Å². The molecule has 2 aromatic rings. The van der Waals surface area contributed by atoms with E-state index in [-0.39, 0.29) is 11.9 Å². The van der Waals surface area contributed by atoms with Crippen LogP contribution in [-0.4, -0.2) is 36.5 Å². The summed E-state index contributed by atoms with van der Waals surface area (Å²) >= 11 is 0. The molecule has 0 spiro atoms. The Hall–Kier alpha value is -2.46. The fourth-order valence-electron chi connectivity index (χ4n) is 3.60. The summed E-state index contributed by atoms with van der Waals surface area (Å²) in [5, 5.41) is 0. The molecule has 0 amide bonds. The summed E-state index contributed by atoms with van der Waals surface area (Å²) in [7, 11) is 1.73. The van der Waals surface area contributed by atoms with Crippen molar-refractivity contribution in [2.75, 3.05) is 13.7 Å². The van der Waals surface area contributed by atoms with E-state index in [2.05, 4.69) is 44.0 Å². The van der Waals surface area contributed by atoms with E-state index in [0.29, 0.717) is 18.6 Å². The van der Waals surface area contributed by atoms with Crippen molar-refractivity contribution < 1.29 is 9.13 Å². The van der Waals surface area contributed by atoms with Gasteiger partial charge in [0.1, 0.15) is 11.7 Å². The van der Waals surface area contributed by atoms with Crippen molar-refractivity contribution in [2.24, 2.45) is 10.9 Å². The highest BCUT2D eigenvalue weighted by Gasteiger charge is 2.25. The first-order chi connectivity index (χ1) is 14.0. The normalized spacial score (nSPS) is 18.7. The number of allylic oxidation sites excluding steroid dienone is 1. The molecule has 0 saturated carbocycles. The maximum absolute atomic E-state index is 13.4. The van der Waals surface area contributed by atoms with Crippen LogP contribution in [-0.2, 0) is 4.74 Å². The van der Waals surface area contributed by atoms with Gasteiger partial charge in [-0.05, 0) is 49.0 Å². The van der Waals surface area contributed by atoms with Crippen LogP contribution in [0.1, 0.15) is 44.7 Å². The molecule has 154 valence electrons. The molecule has 3 rings (SSSR count). The molecule has 2 aromatic carbocycles. The van der Waals surface area contributed by atoms with Crippen molar-refractivity contribution in [1.82, 2.24) is 4.90 Å². The minimum Gasteiger partial charge on any atom is -0.382 e. The van der Waals surface area contributed by atoms with Gasteiger partial charge < -0.3 is 9.64 Å². The molecule has 0 N–H and O–H groups in total. The molecule has 1 aliphatic heterocycles. The molecule has 4 heteroatoms.